The number of Topliss-reactive ketones (excluding diaryl/α,β-unsaturated/α-hetero) is 1. The number of carbonyl (C=O) groups excluding carboxylic acids is 2. The molecule has 2 aliphatic rings. The number of hydrogen-bond acceptors (Lipinski definition) is 7. The number of benzene rings is 2. The van der Waals surface area contributed by atoms with Gasteiger partial charge in [-0.15, -0.1) is 0 Å². The Hall–Kier alpha value is -3.48. The molecule has 4 rings (SSSR count). The van der Waals surface area contributed by atoms with Gasteiger partial charge in [0.1, 0.15) is 0 Å². The first-order valence-corrected chi connectivity index (χ1v) is 10.5. The quantitative estimate of drug-likeness (QED) is 0.671. The van der Waals surface area contributed by atoms with E-state index in [1.54, 1.807) is 26.4 Å². The Bertz CT molecular complexity index is 1120. The van der Waals surface area contributed by atoms with Crippen molar-refractivity contribution in [3.63, 3.8) is 0 Å². The summed E-state index contributed by atoms with van der Waals surface area (Å²) < 4.78 is 15.8. The van der Waals surface area contributed by atoms with Gasteiger partial charge in [-0.3, -0.25) is 4.79 Å². The van der Waals surface area contributed by atoms with Crippen LogP contribution in [0.1, 0.15) is 48.7 Å². The molecular formula is C25H28N2O5. The molecule has 0 radical (unpaired) electrons. The van der Waals surface area contributed by atoms with E-state index in [2.05, 4.69) is 24.5 Å². The summed E-state index contributed by atoms with van der Waals surface area (Å²) in [5.41, 5.74) is 4.23. The number of ether oxygens (including phenoxy) is 3. The highest BCUT2D eigenvalue weighted by atomic mass is 16.5. The van der Waals surface area contributed by atoms with Crippen molar-refractivity contribution in [1.82, 2.24) is 0 Å². The molecule has 0 saturated carbocycles. The molecule has 168 valence electrons. The highest BCUT2D eigenvalue weighted by Gasteiger charge is 2.39. The van der Waals surface area contributed by atoms with Crippen molar-refractivity contribution < 1.29 is 23.8 Å². The fraction of sp³-hybridized carbons (Fsp3) is 0.360. The summed E-state index contributed by atoms with van der Waals surface area (Å²) in [5.74, 6) is 0.897. The lowest BCUT2D eigenvalue weighted by molar-refractivity contribution is -0.118. The average molecular weight is 437 g/mol. The van der Waals surface area contributed by atoms with Gasteiger partial charge in [-0.2, -0.15) is 0 Å². The van der Waals surface area contributed by atoms with Crippen molar-refractivity contribution in [2.75, 3.05) is 32.0 Å². The number of methoxy groups -OCH3 is 3. The van der Waals surface area contributed by atoms with Crippen LogP contribution in [0.25, 0.3) is 0 Å². The number of nitrogens with one attached hydrogen (secondary N) is 2. The molecule has 7 heteroatoms. The highest BCUT2D eigenvalue weighted by molar-refractivity contribution is 6.01. The summed E-state index contributed by atoms with van der Waals surface area (Å²) in [5, 5.41) is 6.97. The maximum absolute atomic E-state index is 13.4. The van der Waals surface area contributed by atoms with E-state index >= 15 is 0 Å². The van der Waals surface area contributed by atoms with E-state index in [4.69, 9.17) is 14.2 Å². The third-order valence-electron chi connectivity index (χ3n) is 5.98. The number of carbonyl (C=O) groups is 2. The molecule has 1 heterocycles. The van der Waals surface area contributed by atoms with Crippen molar-refractivity contribution in [3.8, 4) is 11.5 Å². The standard InChI is InChI=1S/C25H28N2O5/c1-25(2)12-18-22(19(28)13-25)23(14-7-9-20(30-3)21(11-14)31-4)27-16-8-6-15(24(29)32-5)10-17(16)26-18/h6-11,23,26-27H,12-13H2,1-5H3/t23-/m0/s1. The van der Waals surface area contributed by atoms with Crippen LogP contribution < -0.4 is 20.1 Å². The number of ketones is 1. The Labute approximate surface area is 187 Å². The van der Waals surface area contributed by atoms with Gasteiger partial charge in [-0.25, -0.2) is 4.79 Å². The number of allylic oxidation sites excluding steroid dienone is 1. The summed E-state index contributed by atoms with van der Waals surface area (Å²) in [6.45, 7) is 4.18. The van der Waals surface area contributed by atoms with Crippen LogP contribution in [0.5, 0.6) is 11.5 Å². The molecular weight excluding hydrogens is 408 g/mol. The Morgan fingerprint density at radius 2 is 1.72 bits per heavy atom. The maximum atomic E-state index is 13.4. The molecule has 2 aromatic rings. The number of hydrogen-bond donors (Lipinski definition) is 2. The van der Waals surface area contributed by atoms with Crippen LogP contribution in [0.3, 0.4) is 0 Å². The molecule has 32 heavy (non-hydrogen) atoms. The number of rotatable bonds is 4. The van der Waals surface area contributed by atoms with E-state index in [1.165, 1.54) is 7.11 Å². The summed E-state index contributed by atoms with van der Waals surface area (Å²) in [6, 6.07) is 10.6. The lowest BCUT2D eigenvalue weighted by atomic mass is 9.73. The Kier molecular flexibility index (Phi) is 5.59. The molecule has 0 fully saturated rings. The Morgan fingerprint density at radius 3 is 2.41 bits per heavy atom. The van der Waals surface area contributed by atoms with E-state index in [1.807, 2.05) is 24.3 Å². The lowest BCUT2D eigenvalue weighted by Gasteiger charge is -2.34. The average Bonchev–Trinajstić information content (AvgIpc) is 2.93. The van der Waals surface area contributed by atoms with Crippen LogP contribution in [0, 0.1) is 5.41 Å². The van der Waals surface area contributed by atoms with E-state index in [9.17, 15) is 9.59 Å². The molecule has 0 saturated heterocycles. The zero-order valence-corrected chi connectivity index (χ0v) is 19.0. The Morgan fingerprint density at radius 1 is 0.969 bits per heavy atom. The zero-order chi connectivity index (χ0) is 23.0. The second-order valence-electron chi connectivity index (χ2n) is 8.90. The first kappa shape index (κ1) is 21.7. The van der Waals surface area contributed by atoms with Crippen LogP contribution in [-0.2, 0) is 9.53 Å². The van der Waals surface area contributed by atoms with E-state index in [-0.39, 0.29) is 17.2 Å². The minimum Gasteiger partial charge on any atom is -0.493 e. The molecule has 0 unspecified atom stereocenters. The van der Waals surface area contributed by atoms with Gasteiger partial charge >= 0.3 is 5.97 Å². The number of anilines is 2. The van der Waals surface area contributed by atoms with E-state index < -0.39 is 5.97 Å². The third-order valence-corrected chi connectivity index (χ3v) is 5.98. The van der Waals surface area contributed by atoms with Gasteiger partial charge in [-0.1, -0.05) is 19.9 Å². The van der Waals surface area contributed by atoms with Crippen LogP contribution in [0.15, 0.2) is 47.7 Å². The normalized spacial score (nSPS) is 19.0. The predicted molar refractivity (Wildman–Crippen MR) is 122 cm³/mol. The topological polar surface area (TPSA) is 85.9 Å². The van der Waals surface area contributed by atoms with Crippen LogP contribution in [0.4, 0.5) is 11.4 Å². The molecule has 0 aromatic heterocycles. The molecule has 1 aliphatic carbocycles. The molecule has 1 atom stereocenters. The van der Waals surface area contributed by atoms with Gasteiger partial charge in [0.15, 0.2) is 17.3 Å². The zero-order valence-electron chi connectivity index (χ0n) is 19.0. The number of fused-ring (bicyclic) bond motifs is 1. The second-order valence-corrected chi connectivity index (χ2v) is 8.90. The first-order chi connectivity index (χ1) is 15.3. The lowest BCUT2D eigenvalue weighted by Crippen LogP contribution is -2.31. The van der Waals surface area contributed by atoms with Gasteiger partial charge in [0.25, 0.3) is 0 Å². The molecule has 1 aliphatic heterocycles. The highest BCUT2D eigenvalue weighted by Crippen LogP contribution is 2.46. The summed E-state index contributed by atoms with van der Waals surface area (Å²) in [7, 11) is 4.54. The van der Waals surface area contributed by atoms with E-state index in [0.717, 1.165) is 22.6 Å². The van der Waals surface area contributed by atoms with Crippen molar-refractivity contribution in [3.05, 3.63) is 58.8 Å². The first-order valence-electron chi connectivity index (χ1n) is 10.5. The smallest absolute Gasteiger partial charge is 0.337 e. The predicted octanol–water partition coefficient (Wildman–Crippen LogP) is 4.71. The molecule has 2 N–H and O–H groups in total. The Balaban J connectivity index is 1.87. The van der Waals surface area contributed by atoms with Gasteiger partial charge in [0.05, 0.1) is 44.3 Å². The summed E-state index contributed by atoms with van der Waals surface area (Å²) in [4.78, 5) is 25.4. The van der Waals surface area contributed by atoms with Gasteiger partial charge < -0.3 is 24.8 Å². The maximum Gasteiger partial charge on any atom is 0.337 e. The van der Waals surface area contributed by atoms with Gasteiger partial charge in [-0.05, 0) is 47.7 Å². The third kappa shape index (κ3) is 3.90. The van der Waals surface area contributed by atoms with Crippen LogP contribution in [-0.4, -0.2) is 33.1 Å². The molecule has 2 aromatic carbocycles. The monoisotopic (exact) mass is 436 g/mol. The molecule has 0 amide bonds. The van der Waals surface area contributed by atoms with Crippen LogP contribution >= 0.6 is 0 Å². The number of esters is 1. The second kappa shape index (κ2) is 8.22. The van der Waals surface area contributed by atoms with Crippen LogP contribution in [0.2, 0.25) is 0 Å². The molecule has 0 bridgehead atoms. The summed E-state index contributed by atoms with van der Waals surface area (Å²) in [6.07, 6.45) is 1.17. The largest absolute Gasteiger partial charge is 0.493 e. The minimum atomic E-state index is -0.412. The fourth-order valence-electron chi connectivity index (χ4n) is 4.47. The van der Waals surface area contributed by atoms with E-state index in [0.29, 0.717) is 35.5 Å². The van der Waals surface area contributed by atoms with Crippen molar-refractivity contribution in [2.45, 2.75) is 32.7 Å². The SMILES string of the molecule is COC(=O)c1ccc2c(c1)NC1=C(C(=O)CC(C)(C)C1)[C@H](c1ccc(OC)c(OC)c1)N2. The van der Waals surface area contributed by atoms with Gasteiger partial charge in [0.2, 0.25) is 0 Å². The van der Waals surface area contributed by atoms with Crippen molar-refractivity contribution in [1.29, 1.82) is 0 Å². The summed E-state index contributed by atoms with van der Waals surface area (Å²) >= 11 is 0. The fourth-order valence-corrected chi connectivity index (χ4v) is 4.47. The molecule has 7 nitrogen and oxygen atoms in total. The van der Waals surface area contributed by atoms with Crippen molar-refractivity contribution >= 4 is 23.1 Å². The molecule has 0 spiro atoms. The van der Waals surface area contributed by atoms with Crippen molar-refractivity contribution in [2.24, 2.45) is 5.41 Å². The van der Waals surface area contributed by atoms with Gasteiger partial charge in [0, 0.05) is 17.7 Å². The minimum absolute atomic E-state index is 0.0945.